The number of carbonyl (C=O) groups is 1. The van der Waals surface area contributed by atoms with E-state index in [0.29, 0.717) is 54.5 Å². The monoisotopic (exact) mass is 499 g/mol. The summed E-state index contributed by atoms with van der Waals surface area (Å²) in [5, 5.41) is 8.99. The van der Waals surface area contributed by atoms with Crippen molar-refractivity contribution in [3.63, 3.8) is 0 Å². The second kappa shape index (κ2) is 11.1. The maximum Gasteiger partial charge on any atom is 0.243 e. The molecule has 0 N–H and O–H groups in total. The van der Waals surface area contributed by atoms with Gasteiger partial charge in [-0.1, -0.05) is 6.07 Å². The molecule has 1 fully saturated rings. The van der Waals surface area contributed by atoms with E-state index in [4.69, 9.17) is 14.7 Å². The van der Waals surface area contributed by atoms with Gasteiger partial charge in [0.25, 0.3) is 0 Å². The van der Waals surface area contributed by atoms with Gasteiger partial charge in [-0.05, 0) is 68.5 Å². The first-order valence-electron chi connectivity index (χ1n) is 11.7. The Morgan fingerprint density at radius 2 is 1.63 bits per heavy atom. The fourth-order valence-corrected chi connectivity index (χ4v) is 6.29. The molecule has 1 aliphatic heterocycles. The fourth-order valence-electron chi connectivity index (χ4n) is 4.29. The molecule has 1 saturated heterocycles. The largest absolute Gasteiger partial charge is 0.493 e. The minimum atomic E-state index is -3.64. The van der Waals surface area contributed by atoms with Crippen molar-refractivity contribution in [3.05, 3.63) is 52.1 Å². The van der Waals surface area contributed by atoms with E-state index in [1.165, 1.54) is 11.4 Å². The van der Waals surface area contributed by atoms with E-state index >= 15 is 0 Å². The van der Waals surface area contributed by atoms with Crippen LogP contribution in [0.2, 0.25) is 0 Å². The summed E-state index contributed by atoms with van der Waals surface area (Å²) in [6.45, 7) is 9.17. The van der Waals surface area contributed by atoms with Gasteiger partial charge in [0.05, 0.1) is 30.2 Å². The maximum atomic E-state index is 13.4. The Kier molecular flexibility index (Phi) is 8.41. The van der Waals surface area contributed by atoms with Gasteiger partial charge in [0, 0.05) is 38.7 Å². The molecule has 2 aromatic rings. The number of benzene rings is 2. The summed E-state index contributed by atoms with van der Waals surface area (Å²) < 4.78 is 39.3. The van der Waals surface area contributed by atoms with Crippen molar-refractivity contribution < 1.29 is 22.7 Å². The van der Waals surface area contributed by atoms with Crippen LogP contribution in [0, 0.1) is 39.0 Å². The van der Waals surface area contributed by atoms with E-state index < -0.39 is 10.0 Å². The Morgan fingerprint density at radius 3 is 2.20 bits per heavy atom. The van der Waals surface area contributed by atoms with Gasteiger partial charge < -0.3 is 14.4 Å². The van der Waals surface area contributed by atoms with Crippen molar-refractivity contribution in [2.45, 2.75) is 45.4 Å². The lowest BCUT2D eigenvalue weighted by molar-refractivity contribution is -0.132. The molecule has 0 saturated carbocycles. The van der Waals surface area contributed by atoms with E-state index in [2.05, 4.69) is 6.07 Å². The smallest absolute Gasteiger partial charge is 0.243 e. The second-order valence-corrected chi connectivity index (χ2v) is 10.7. The van der Waals surface area contributed by atoms with Crippen LogP contribution in [0.5, 0.6) is 11.5 Å². The summed E-state index contributed by atoms with van der Waals surface area (Å²) in [6, 6.07) is 9.00. The molecule has 2 aromatic carbocycles. The van der Waals surface area contributed by atoms with Gasteiger partial charge in [0.2, 0.25) is 15.9 Å². The Balaban J connectivity index is 1.53. The number of sulfonamides is 1. The van der Waals surface area contributed by atoms with Crippen LogP contribution in [0.15, 0.2) is 29.2 Å². The number of hydrogen-bond acceptors (Lipinski definition) is 6. The minimum Gasteiger partial charge on any atom is -0.493 e. The van der Waals surface area contributed by atoms with E-state index in [1.807, 2.05) is 33.8 Å². The van der Waals surface area contributed by atoms with Crippen LogP contribution >= 0.6 is 0 Å². The molecule has 0 spiro atoms. The van der Waals surface area contributed by atoms with Crippen LogP contribution in [0.3, 0.4) is 0 Å². The van der Waals surface area contributed by atoms with Gasteiger partial charge in [-0.25, -0.2) is 8.42 Å². The lowest BCUT2D eigenvalue weighted by Gasteiger charge is -2.35. The molecule has 8 nitrogen and oxygen atoms in total. The number of ether oxygens (including phenoxy) is 2. The summed E-state index contributed by atoms with van der Waals surface area (Å²) in [4.78, 5) is 14.8. The van der Waals surface area contributed by atoms with Gasteiger partial charge in [-0.2, -0.15) is 9.57 Å². The molecular weight excluding hydrogens is 466 g/mol. The lowest BCUT2D eigenvalue weighted by atomic mass is 10.0. The molecule has 35 heavy (non-hydrogen) atoms. The Morgan fingerprint density at radius 1 is 1.00 bits per heavy atom. The van der Waals surface area contributed by atoms with Crippen LogP contribution in [0.1, 0.15) is 40.7 Å². The highest BCUT2D eigenvalue weighted by Crippen LogP contribution is 2.30. The highest BCUT2D eigenvalue weighted by molar-refractivity contribution is 7.89. The van der Waals surface area contributed by atoms with Crippen LogP contribution in [-0.4, -0.2) is 63.4 Å². The quantitative estimate of drug-likeness (QED) is 0.516. The number of hydrogen-bond donors (Lipinski definition) is 0. The average Bonchev–Trinajstić information content (AvgIpc) is 2.85. The zero-order valence-corrected chi connectivity index (χ0v) is 21.9. The van der Waals surface area contributed by atoms with E-state index in [-0.39, 0.29) is 19.0 Å². The topological polar surface area (TPSA) is 99.9 Å². The van der Waals surface area contributed by atoms with Crippen LogP contribution in [0.25, 0.3) is 0 Å². The van der Waals surface area contributed by atoms with E-state index in [1.54, 1.807) is 23.1 Å². The van der Waals surface area contributed by atoms with Crippen molar-refractivity contribution >= 4 is 15.9 Å². The summed E-state index contributed by atoms with van der Waals surface area (Å²) >= 11 is 0. The van der Waals surface area contributed by atoms with Gasteiger partial charge in [0.1, 0.15) is 0 Å². The molecule has 0 unspecified atom stereocenters. The number of rotatable bonds is 8. The number of nitrogens with zero attached hydrogens (tertiary/aromatic N) is 3. The van der Waals surface area contributed by atoms with Crippen LogP contribution in [-0.2, 0) is 14.8 Å². The first-order valence-corrected chi connectivity index (χ1v) is 13.1. The Labute approximate surface area is 208 Å². The zero-order valence-electron chi connectivity index (χ0n) is 21.1. The highest BCUT2D eigenvalue weighted by atomic mass is 32.2. The van der Waals surface area contributed by atoms with Crippen LogP contribution < -0.4 is 9.47 Å². The number of methoxy groups -OCH3 is 1. The summed E-state index contributed by atoms with van der Waals surface area (Å²) in [6.07, 6.45) is 0.822. The third-order valence-electron chi connectivity index (χ3n) is 6.57. The van der Waals surface area contributed by atoms with Crippen molar-refractivity contribution in [1.29, 1.82) is 5.26 Å². The summed E-state index contributed by atoms with van der Waals surface area (Å²) in [5.41, 5.74) is 3.96. The number of amides is 1. The third-order valence-corrected chi connectivity index (χ3v) is 8.74. The van der Waals surface area contributed by atoms with E-state index in [0.717, 1.165) is 22.3 Å². The standard InChI is InChI=1S/C26H33N3O5S/c1-18-15-19(2)21(4)26(20(18)3)35(31,32)29-12-10-28(11-13-29)25(30)7-6-14-34-23-9-8-22(17-27)16-24(23)33-5/h8-9,15-16H,6-7,10-14H2,1-5H3. The number of nitriles is 1. The highest BCUT2D eigenvalue weighted by Gasteiger charge is 2.32. The first kappa shape index (κ1) is 26.5. The summed E-state index contributed by atoms with van der Waals surface area (Å²) in [7, 11) is -2.13. The van der Waals surface area contributed by atoms with Crippen LogP contribution in [0.4, 0.5) is 0 Å². The van der Waals surface area contributed by atoms with Gasteiger partial charge in [0.15, 0.2) is 11.5 Å². The second-order valence-electron chi connectivity index (χ2n) is 8.80. The van der Waals surface area contributed by atoms with Crippen molar-refractivity contribution in [3.8, 4) is 17.6 Å². The molecular formula is C26H33N3O5S. The van der Waals surface area contributed by atoms with Crippen molar-refractivity contribution in [1.82, 2.24) is 9.21 Å². The molecule has 9 heteroatoms. The predicted molar refractivity (Wildman–Crippen MR) is 133 cm³/mol. The SMILES string of the molecule is COc1cc(C#N)ccc1OCCCC(=O)N1CCN(S(=O)(=O)c2c(C)c(C)cc(C)c2C)CC1. The molecule has 0 bridgehead atoms. The minimum absolute atomic E-state index is 0.0174. The van der Waals surface area contributed by atoms with Gasteiger partial charge in [-0.3, -0.25) is 4.79 Å². The molecule has 188 valence electrons. The van der Waals surface area contributed by atoms with Gasteiger partial charge >= 0.3 is 0 Å². The number of piperazine rings is 1. The van der Waals surface area contributed by atoms with Crippen molar-refractivity contribution in [2.24, 2.45) is 0 Å². The van der Waals surface area contributed by atoms with Gasteiger partial charge in [-0.15, -0.1) is 0 Å². The Bertz CT molecular complexity index is 1220. The molecule has 1 amide bonds. The fraction of sp³-hybridized carbons (Fsp3) is 0.462. The van der Waals surface area contributed by atoms with Crippen molar-refractivity contribution in [2.75, 3.05) is 39.9 Å². The zero-order chi connectivity index (χ0) is 25.8. The predicted octanol–water partition coefficient (Wildman–Crippen LogP) is 3.49. The molecule has 0 aromatic heterocycles. The average molecular weight is 500 g/mol. The first-order chi connectivity index (χ1) is 16.6. The molecule has 0 radical (unpaired) electrons. The number of carbonyl (C=O) groups excluding carboxylic acids is 1. The normalized spacial score (nSPS) is 14.5. The number of aryl methyl sites for hydroxylation is 2. The molecule has 0 atom stereocenters. The lowest BCUT2D eigenvalue weighted by Crippen LogP contribution is -2.50. The summed E-state index contributed by atoms with van der Waals surface area (Å²) in [5.74, 6) is 0.980. The maximum absolute atomic E-state index is 13.4. The molecule has 1 heterocycles. The Hall–Kier alpha value is -3.09. The van der Waals surface area contributed by atoms with E-state index in [9.17, 15) is 13.2 Å². The molecule has 1 aliphatic rings. The molecule has 0 aliphatic carbocycles. The third kappa shape index (κ3) is 5.77. The molecule has 3 rings (SSSR count).